The number of carbonyl (C=O) groups is 1. The maximum Gasteiger partial charge on any atom is 0.195 e. The maximum absolute atomic E-state index is 12.4. The number of Topliss-reactive ketones (excluding diaryl/α,β-unsaturated/α-hetero) is 1. The molecule has 0 radical (unpaired) electrons. The molecule has 2 aromatic carbocycles. The van der Waals surface area contributed by atoms with E-state index in [1.165, 1.54) is 22.5 Å². The minimum Gasteiger partial charge on any atom is -0.291 e. The first-order valence-electron chi connectivity index (χ1n) is 6.59. The first-order valence-corrected chi connectivity index (χ1v) is 7.40. The lowest BCUT2D eigenvalue weighted by Gasteiger charge is -2.07. The van der Waals surface area contributed by atoms with Crippen LogP contribution in [0.3, 0.4) is 0 Å². The summed E-state index contributed by atoms with van der Waals surface area (Å²) in [6.07, 6.45) is 0.429. The molecule has 3 heteroatoms. The highest BCUT2D eigenvalue weighted by Crippen LogP contribution is 2.24. The summed E-state index contributed by atoms with van der Waals surface area (Å²) in [5.74, 6) is 0.101. The van der Waals surface area contributed by atoms with Crippen molar-refractivity contribution in [2.45, 2.75) is 20.3 Å². The van der Waals surface area contributed by atoms with Crippen molar-refractivity contribution in [3.8, 4) is 0 Å². The predicted molar refractivity (Wildman–Crippen MR) is 83.6 cm³/mol. The largest absolute Gasteiger partial charge is 0.291 e. The average Bonchev–Trinajstić information content (AvgIpc) is 2.87. The SMILES string of the molecule is Cc1cccc(C)c1CC(=O)c1nc2ccccc2s1. The number of para-hydroxylation sites is 1. The van der Waals surface area contributed by atoms with Crippen LogP contribution in [-0.2, 0) is 6.42 Å². The normalized spacial score (nSPS) is 10.9. The number of hydrogen-bond donors (Lipinski definition) is 0. The van der Waals surface area contributed by atoms with Gasteiger partial charge >= 0.3 is 0 Å². The van der Waals surface area contributed by atoms with Crippen molar-refractivity contribution >= 4 is 27.3 Å². The number of aromatic nitrogens is 1. The second-order valence-corrected chi connectivity index (χ2v) is 5.99. The smallest absolute Gasteiger partial charge is 0.195 e. The molecule has 0 bridgehead atoms. The molecule has 0 spiro atoms. The summed E-state index contributed by atoms with van der Waals surface area (Å²) in [5, 5.41) is 0.605. The van der Waals surface area contributed by atoms with Crippen LogP contribution in [0.15, 0.2) is 42.5 Å². The van der Waals surface area contributed by atoms with Crippen molar-refractivity contribution in [3.63, 3.8) is 0 Å². The summed E-state index contributed by atoms with van der Waals surface area (Å²) < 4.78 is 1.07. The molecule has 1 aromatic heterocycles. The maximum atomic E-state index is 12.4. The van der Waals surface area contributed by atoms with Gasteiger partial charge in [-0.3, -0.25) is 4.79 Å². The zero-order valence-corrected chi connectivity index (χ0v) is 12.3. The highest BCUT2D eigenvalue weighted by molar-refractivity contribution is 7.20. The lowest BCUT2D eigenvalue weighted by atomic mass is 9.98. The number of hydrogen-bond acceptors (Lipinski definition) is 3. The summed E-state index contributed by atoms with van der Waals surface area (Å²) in [6.45, 7) is 4.10. The van der Waals surface area contributed by atoms with Crippen molar-refractivity contribution in [1.29, 1.82) is 0 Å². The Kier molecular flexibility index (Phi) is 3.36. The van der Waals surface area contributed by atoms with Crippen LogP contribution in [0.25, 0.3) is 10.2 Å². The van der Waals surface area contributed by atoms with Gasteiger partial charge in [-0.2, -0.15) is 0 Å². The third-order valence-corrected chi connectivity index (χ3v) is 4.59. The van der Waals surface area contributed by atoms with Crippen molar-refractivity contribution in [3.05, 3.63) is 64.2 Å². The van der Waals surface area contributed by atoms with E-state index in [4.69, 9.17) is 0 Å². The molecule has 2 nitrogen and oxygen atoms in total. The van der Waals surface area contributed by atoms with Gasteiger partial charge in [0.2, 0.25) is 0 Å². The third-order valence-electron chi connectivity index (χ3n) is 3.51. The van der Waals surface area contributed by atoms with Gasteiger partial charge in [0.15, 0.2) is 10.8 Å². The Balaban J connectivity index is 1.93. The Morgan fingerprint density at radius 2 is 1.75 bits per heavy atom. The van der Waals surface area contributed by atoms with E-state index < -0.39 is 0 Å². The molecule has 0 saturated heterocycles. The standard InChI is InChI=1S/C17H15NOS/c1-11-6-5-7-12(2)13(11)10-15(19)17-18-14-8-3-4-9-16(14)20-17/h3-9H,10H2,1-2H3. The Bertz CT molecular complexity index is 735. The summed E-state index contributed by atoms with van der Waals surface area (Å²) in [5.41, 5.74) is 4.36. The summed E-state index contributed by atoms with van der Waals surface area (Å²) in [4.78, 5) is 16.9. The summed E-state index contributed by atoms with van der Waals surface area (Å²) >= 11 is 1.48. The molecule has 3 aromatic rings. The highest BCUT2D eigenvalue weighted by atomic mass is 32.1. The van der Waals surface area contributed by atoms with Crippen LogP contribution in [0.1, 0.15) is 26.5 Å². The fraction of sp³-hybridized carbons (Fsp3) is 0.176. The molecule has 100 valence electrons. The number of nitrogens with zero attached hydrogens (tertiary/aromatic N) is 1. The van der Waals surface area contributed by atoms with Crippen LogP contribution in [-0.4, -0.2) is 10.8 Å². The molecule has 3 rings (SSSR count). The Morgan fingerprint density at radius 3 is 2.45 bits per heavy atom. The van der Waals surface area contributed by atoms with E-state index in [-0.39, 0.29) is 5.78 Å². The van der Waals surface area contributed by atoms with Gasteiger partial charge < -0.3 is 0 Å². The van der Waals surface area contributed by atoms with Gasteiger partial charge in [0.1, 0.15) is 0 Å². The molecule has 0 aliphatic heterocycles. The molecule has 0 saturated carbocycles. The third kappa shape index (κ3) is 2.37. The molecule has 0 unspecified atom stereocenters. The molecule has 0 N–H and O–H groups in total. The topological polar surface area (TPSA) is 30.0 Å². The first-order chi connectivity index (χ1) is 9.65. The van der Waals surface area contributed by atoms with Gasteiger partial charge in [-0.25, -0.2) is 4.98 Å². The van der Waals surface area contributed by atoms with E-state index in [1.807, 2.05) is 56.3 Å². The Hall–Kier alpha value is -2.00. The van der Waals surface area contributed by atoms with Gasteiger partial charge in [0.25, 0.3) is 0 Å². The van der Waals surface area contributed by atoms with E-state index in [0.717, 1.165) is 15.8 Å². The number of carbonyl (C=O) groups excluding carboxylic acids is 1. The molecular formula is C17H15NOS. The molecule has 0 fully saturated rings. The molecule has 1 heterocycles. The highest BCUT2D eigenvalue weighted by Gasteiger charge is 2.14. The molecule has 0 aliphatic carbocycles. The average molecular weight is 281 g/mol. The second kappa shape index (κ2) is 5.17. The number of thiazole rings is 1. The lowest BCUT2D eigenvalue weighted by Crippen LogP contribution is -2.06. The fourth-order valence-corrected chi connectivity index (χ4v) is 3.26. The minimum absolute atomic E-state index is 0.101. The van der Waals surface area contributed by atoms with Gasteiger partial charge in [-0.15, -0.1) is 11.3 Å². The molecule has 0 amide bonds. The van der Waals surface area contributed by atoms with Gasteiger partial charge in [0, 0.05) is 6.42 Å². The zero-order valence-electron chi connectivity index (χ0n) is 11.5. The number of aryl methyl sites for hydroxylation is 2. The van der Waals surface area contributed by atoms with Crippen LogP contribution in [0, 0.1) is 13.8 Å². The zero-order chi connectivity index (χ0) is 14.1. The van der Waals surface area contributed by atoms with Gasteiger partial charge in [0.05, 0.1) is 10.2 Å². The Labute approximate surface area is 122 Å². The van der Waals surface area contributed by atoms with Gasteiger partial charge in [-0.1, -0.05) is 30.3 Å². The van der Waals surface area contributed by atoms with E-state index in [1.54, 1.807) is 0 Å². The molecule has 20 heavy (non-hydrogen) atoms. The predicted octanol–water partition coefficient (Wildman–Crippen LogP) is 4.34. The van der Waals surface area contributed by atoms with E-state index in [2.05, 4.69) is 4.98 Å². The first kappa shape index (κ1) is 13.0. The Morgan fingerprint density at radius 1 is 1.05 bits per heavy atom. The number of rotatable bonds is 3. The van der Waals surface area contributed by atoms with E-state index >= 15 is 0 Å². The lowest BCUT2D eigenvalue weighted by molar-refractivity contribution is 0.0992. The molecular weight excluding hydrogens is 266 g/mol. The van der Waals surface area contributed by atoms with Crippen molar-refractivity contribution in [2.75, 3.05) is 0 Å². The fourth-order valence-electron chi connectivity index (χ4n) is 2.36. The number of benzene rings is 2. The number of fused-ring (bicyclic) bond motifs is 1. The van der Waals surface area contributed by atoms with Crippen LogP contribution < -0.4 is 0 Å². The van der Waals surface area contributed by atoms with Crippen LogP contribution in [0.2, 0.25) is 0 Å². The van der Waals surface area contributed by atoms with E-state index in [9.17, 15) is 4.79 Å². The van der Waals surface area contributed by atoms with Crippen molar-refractivity contribution in [1.82, 2.24) is 4.98 Å². The van der Waals surface area contributed by atoms with Crippen molar-refractivity contribution in [2.24, 2.45) is 0 Å². The van der Waals surface area contributed by atoms with Gasteiger partial charge in [-0.05, 0) is 42.7 Å². The second-order valence-electron chi connectivity index (χ2n) is 4.96. The monoisotopic (exact) mass is 281 g/mol. The van der Waals surface area contributed by atoms with Crippen LogP contribution in [0.5, 0.6) is 0 Å². The van der Waals surface area contributed by atoms with Crippen molar-refractivity contribution < 1.29 is 4.79 Å². The number of ketones is 1. The quantitative estimate of drug-likeness (QED) is 0.668. The molecule has 0 atom stereocenters. The minimum atomic E-state index is 0.101. The molecule has 0 aliphatic rings. The van der Waals surface area contributed by atoms with Crippen LogP contribution >= 0.6 is 11.3 Å². The van der Waals surface area contributed by atoms with Crippen LogP contribution in [0.4, 0.5) is 0 Å². The summed E-state index contributed by atoms with van der Waals surface area (Å²) in [6, 6.07) is 14.0. The summed E-state index contributed by atoms with van der Waals surface area (Å²) in [7, 11) is 0. The van der Waals surface area contributed by atoms with E-state index in [0.29, 0.717) is 11.4 Å².